The lowest BCUT2D eigenvalue weighted by Gasteiger charge is -2.29. The van der Waals surface area contributed by atoms with Gasteiger partial charge in [-0.3, -0.25) is 0 Å². The Morgan fingerprint density at radius 3 is 1.39 bits per heavy atom. The van der Waals surface area contributed by atoms with E-state index in [9.17, 15) is 0 Å². The van der Waals surface area contributed by atoms with Gasteiger partial charge in [-0.25, -0.2) is 0 Å². The summed E-state index contributed by atoms with van der Waals surface area (Å²) >= 11 is 0. The Kier molecular flexibility index (Phi) is 3.17. The van der Waals surface area contributed by atoms with Crippen LogP contribution >= 0.6 is 0 Å². The second-order valence-corrected chi connectivity index (χ2v) is 7.87. The monoisotopic (exact) mass is 402 g/mol. The maximum Gasteiger partial charge on any atom is 0.714 e. The first-order chi connectivity index (χ1) is 15.3. The predicted molar refractivity (Wildman–Crippen MR) is 119 cm³/mol. The molecule has 4 nitrogen and oxygen atoms in total. The number of ether oxygens (including phenoxy) is 2. The SMILES string of the molecule is C1=[N+](c2ccccc2)C23Oc4c1cccc4-c1cccc(c1O2)C=[N+]3c1ccccc1. The third-order valence-corrected chi connectivity index (χ3v) is 6.07. The number of nitrogens with zero attached hydrogens (tertiary/aromatic N) is 2. The zero-order valence-corrected chi connectivity index (χ0v) is 16.6. The van der Waals surface area contributed by atoms with Crippen LogP contribution in [0.25, 0.3) is 11.1 Å². The Hall–Kier alpha value is -4.18. The lowest BCUT2D eigenvalue weighted by Crippen LogP contribution is -2.61. The van der Waals surface area contributed by atoms with Gasteiger partial charge in [0.2, 0.25) is 11.4 Å². The van der Waals surface area contributed by atoms with Gasteiger partial charge in [-0.2, -0.15) is 0 Å². The maximum atomic E-state index is 6.84. The summed E-state index contributed by atoms with van der Waals surface area (Å²) in [6.07, 6.45) is 4.25. The summed E-state index contributed by atoms with van der Waals surface area (Å²) in [4.78, 5) is 0. The molecule has 3 heterocycles. The van der Waals surface area contributed by atoms with E-state index in [0.29, 0.717) is 0 Å². The van der Waals surface area contributed by atoms with Crippen LogP contribution in [-0.4, -0.2) is 27.6 Å². The van der Waals surface area contributed by atoms with Gasteiger partial charge in [-0.1, -0.05) is 69.8 Å². The molecule has 7 rings (SSSR count). The quantitative estimate of drug-likeness (QED) is 0.426. The van der Waals surface area contributed by atoms with Crippen molar-refractivity contribution in [2.45, 2.75) is 6.03 Å². The van der Waals surface area contributed by atoms with E-state index in [1.807, 2.05) is 36.4 Å². The molecule has 0 amide bonds. The summed E-state index contributed by atoms with van der Waals surface area (Å²) < 4.78 is 17.8. The highest BCUT2D eigenvalue weighted by Crippen LogP contribution is 2.50. The average molecular weight is 402 g/mol. The smallest absolute Gasteiger partial charge is 0.339 e. The molecular weight excluding hydrogens is 384 g/mol. The number of benzene rings is 4. The van der Waals surface area contributed by atoms with Crippen molar-refractivity contribution in [1.82, 2.24) is 0 Å². The fourth-order valence-corrected chi connectivity index (χ4v) is 4.66. The minimum absolute atomic E-state index is 0.835. The van der Waals surface area contributed by atoms with Gasteiger partial charge in [-0.15, -0.1) is 0 Å². The van der Waals surface area contributed by atoms with Gasteiger partial charge in [0.05, 0.1) is 11.1 Å². The van der Waals surface area contributed by atoms with Crippen molar-refractivity contribution < 1.29 is 18.6 Å². The summed E-state index contributed by atoms with van der Waals surface area (Å²) in [5.41, 5.74) is 6.10. The predicted octanol–water partition coefficient (Wildman–Crippen LogP) is 5.29. The number of fused-ring (bicyclic) bond motifs is 1. The van der Waals surface area contributed by atoms with Crippen LogP contribution in [0, 0.1) is 0 Å². The zero-order valence-electron chi connectivity index (χ0n) is 16.6. The van der Waals surface area contributed by atoms with E-state index in [4.69, 9.17) is 9.47 Å². The van der Waals surface area contributed by atoms with E-state index in [1.54, 1.807) is 0 Å². The molecule has 0 atom stereocenters. The number of para-hydroxylation sites is 4. The van der Waals surface area contributed by atoms with Gasteiger partial charge in [0.15, 0.2) is 23.9 Å². The highest BCUT2D eigenvalue weighted by atomic mass is 16.7. The molecule has 4 aromatic rings. The van der Waals surface area contributed by atoms with Crippen molar-refractivity contribution >= 4 is 23.8 Å². The summed E-state index contributed by atoms with van der Waals surface area (Å²) in [7, 11) is 0. The molecule has 146 valence electrons. The molecule has 1 spiro atoms. The minimum atomic E-state index is -1.22. The van der Waals surface area contributed by atoms with E-state index in [2.05, 4.69) is 82.2 Å². The molecule has 4 aromatic carbocycles. The summed E-state index contributed by atoms with van der Waals surface area (Å²) in [6, 6.07) is 31.7. The normalized spacial score (nSPS) is 16.3. The van der Waals surface area contributed by atoms with Gasteiger partial charge in [0.1, 0.15) is 0 Å². The van der Waals surface area contributed by atoms with Gasteiger partial charge < -0.3 is 9.47 Å². The molecule has 4 heteroatoms. The van der Waals surface area contributed by atoms with Crippen LogP contribution in [0.3, 0.4) is 0 Å². The molecule has 0 fully saturated rings. The molecule has 3 aliphatic heterocycles. The number of hydrogen-bond acceptors (Lipinski definition) is 2. The number of rotatable bonds is 2. The van der Waals surface area contributed by atoms with Crippen LogP contribution in [0.2, 0.25) is 0 Å². The summed E-state index contributed by atoms with van der Waals surface area (Å²) in [5.74, 6) is 1.67. The number of hydrogen-bond donors (Lipinski definition) is 0. The first-order valence-electron chi connectivity index (χ1n) is 10.4. The first kappa shape index (κ1) is 16.6. The molecular formula is C27H18N2O2+2. The van der Waals surface area contributed by atoms with Gasteiger partial charge >= 0.3 is 6.03 Å². The Morgan fingerprint density at radius 2 is 0.935 bits per heavy atom. The van der Waals surface area contributed by atoms with Crippen LogP contribution in [0.1, 0.15) is 11.1 Å². The molecule has 0 saturated carbocycles. The highest BCUT2D eigenvalue weighted by molar-refractivity contribution is 5.94. The summed E-state index contributed by atoms with van der Waals surface area (Å²) in [5, 5.41) is 0. The second-order valence-electron chi connectivity index (χ2n) is 7.87. The molecule has 0 radical (unpaired) electrons. The maximum absolute atomic E-state index is 6.84. The van der Waals surface area contributed by atoms with Crippen LogP contribution in [0.4, 0.5) is 11.4 Å². The third-order valence-electron chi connectivity index (χ3n) is 6.07. The van der Waals surface area contributed by atoms with E-state index < -0.39 is 6.03 Å². The second kappa shape index (κ2) is 5.92. The molecule has 0 saturated heterocycles. The van der Waals surface area contributed by atoms with Gasteiger partial charge in [0, 0.05) is 35.4 Å². The zero-order chi connectivity index (χ0) is 20.4. The van der Waals surface area contributed by atoms with Crippen molar-refractivity contribution in [1.29, 1.82) is 0 Å². The van der Waals surface area contributed by atoms with Crippen LogP contribution in [0.15, 0.2) is 97.1 Å². The average Bonchev–Trinajstić information content (AvgIpc) is 2.97. The fraction of sp³-hybridized carbons (Fsp3) is 0.0370. The van der Waals surface area contributed by atoms with Gasteiger partial charge in [-0.05, 0) is 12.1 Å². The molecule has 3 bridgehead atoms. The lowest BCUT2D eigenvalue weighted by molar-refractivity contribution is -0.855. The van der Waals surface area contributed by atoms with Crippen LogP contribution in [0.5, 0.6) is 11.5 Å². The highest BCUT2D eigenvalue weighted by Gasteiger charge is 2.67. The fourth-order valence-electron chi connectivity index (χ4n) is 4.66. The molecule has 0 unspecified atom stereocenters. The van der Waals surface area contributed by atoms with Crippen LogP contribution in [-0.2, 0) is 0 Å². The lowest BCUT2D eigenvalue weighted by atomic mass is 9.98. The molecule has 3 aliphatic rings. The Balaban J connectivity index is 1.63. The molecule has 0 aliphatic carbocycles. The molecule has 0 aromatic heterocycles. The summed E-state index contributed by atoms with van der Waals surface area (Å²) in [6.45, 7) is 0. The van der Waals surface area contributed by atoms with Crippen molar-refractivity contribution in [3.8, 4) is 22.6 Å². The van der Waals surface area contributed by atoms with E-state index in [-0.39, 0.29) is 0 Å². The largest absolute Gasteiger partial charge is 0.714 e. The van der Waals surface area contributed by atoms with Crippen LogP contribution < -0.4 is 9.47 Å². The first-order valence-corrected chi connectivity index (χ1v) is 10.4. The van der Waals surface area contributed by atoms with Crippen molar-refractivity contribution in [2.75, 3.05) is 0 Å². The van der Waals surface area contributed by atoms with E-state index in [0.717, 1.165) is 45.1 Å². The van der Waals surface area contributed by atoms with E-state index >= 15 is 0 Å². The Morgan fingerprint density at radius 1 is 0.484 bits per heavy atom. The Labute approximate surface area is 179 Å². The van der Waals surface area contributed by atoms with Crippen molar-refractivity contribution in [2.24, 2.45) is 0 Å². The standard InChI is InChI=1S/C27H18N2O2/c1-3-11-21(12-4-1)28-17-19-9-7-15-23-24-16-8-10-20-18-29(22-13-5-2-6-14-22)27(28,30-25(19)23)31-26(20)24/h1-18H/q+2. The molecule has 31 heavy (non-hydrogen) atoms. The molecule has 0 N–H and O–H groups in total. The Bertz CT molecular complexity index is 1310. The van der Waals surface area contributed by atoms with Crippen molar-refractivity contribution in [3.63, 3.8) is 0 Å². The minimum Gasteiger partial charge on any atom is -0.339 e. The topological polar surface area (TPSA) is 24.5 Å². The van der Waals surface area contributed by atoms with Gasteiger partial charge in [0.25, 0.3) is 0 Å². The van der Waals surface area contributed by atoms with Crippen molar-refractivity contribution in [3.05, 3.63) is 108 Å². The van der Waals surface area contributed by atoms with E-state index in [1.165, 1.54) is 0 Å². The third kappa shape index (κ3) is 2.19.